The number of aryl methyl sites for hydroxylation is 1. The van der Waals surface area contributed by atoms with Crippen LogP contribution < -0.4 is 10.2 Å². The molecule has 1 saturated carbocycles. The maximum atomic E-state index is 13.3. The molecule has 1 aliphatic heterocycles. The van der Waals surface area contributed by atoms with Gasteiger partial charge in [0.05, 0.1) is 17.1 Å². The zero-order valence-corrected chi connectivity index (χ0v) is 16.7. The monoisotopic (exact) mass is 404 g/mol. The van der Waals surface area contributed by atoms with Gasteiger partial charge in [-0.05, 0) is 55.2 Å². The Morgan fingerprint density at radius 3 is 2.67 bits per heavy atom. The second-order valence-electron chi connectivity index (χ2n) is 8.29. The predicted molar refractivity (Wildman–Crippen MR) is 113 cm³/mol. The van der Waals surface area contributed by atoms with Gasteiger partial charge >= 0.3 is 0 Å². The van der Waals surface area contributed by atoms with Crippen LogP contribution in [0.3, 0.4) is 0 Å². The first-order valence-electron chi connectivity index (χ1n) is 10.2. The van der Waals surface area contributed by atoms with E-state index in [2.05, 4.69) is 16.4 Å². The molecule has 1 saturated heterocycles. The molecule has 3 N–H and O–H groups in total. The molecule has 30 heavy (non-hydrogen) atoms. The number of hydrogen-bond acceptors (Lipinski definition) is 6. The van der Waals surface area contributed by atoms with Crippen molar-refractivity contribution in [1.82, 2.24) is 15.5 Å². The lowest BCUT2D eigenvalue weighted by Gasteiger charge is -2.42. The third-order valence-corrected chi connectivity index (χ3v) is 6.29. The quantitative estimate of drug-likeness (QED) is 0.566. The number of fused-ring (bicyclic) bond motifs is 1. The third-order valence-electron chi connectivity index (χ3n) is 6.29. The van der Waals surface area contributed by atoms with Crippen LogP contribution in [0, 0.1) is 6.92 Å². The van der Waals surface area contributed by atoms with Gasteiger partial charge in [0.15, 0.2) is 0 Å². The minimum absolute atomic E-state index is 0.0873. The Morgan fingerprint density at radius 1 is 1.17 bits per heavy atom. The molecule has 1 aromatic heterocycles. The van der Waals surface area contributed by atoms with Gasteiger partial charge in [0.1, 0.15) is 0 Å². The molecule has 0 atom stereocenters. The van der Waals surface area contributed by atoms with Crippen LogP contribution in [0.5, 0.6) is 0 Å². The number of nitrogens with zero attached hydrogens (tertiary/aromatic N) is 3. The first-order chi connectivity index (χ1) is 14.5. The van der Waals surface area contributed by atoms with Crippen LogP contribution in [0.2, 0.25) is 0 Å². The number of hydrogen-bond donors (Lipinski definition) is 3. The summed E-state index contributed by atoms with van der Waals surface area (Å²) < 4.78 is 0. The zero-order valence-electron chi connectivity index (χ0n) is 16.7. The fraction of sp³-hybridized carbons (Fsp3) is 0.304. The number of rotatable bonds is 5. The lowest BCUT2D eigenvalue weighted by Crippen LogP contribution is -2.57. The molecule has 3 aromatic rings. The van der Waals surface area contributed by atoms with Gasteiger partial charge in [0.2, 0.25) is 0 Å². The van der Waals surface area contributed by atoms with Crippen LogP contribution in [-0.4, -0.2) is 45.7 Å². The zero-order chi connectivity index (χ0) is 20.9. The molecule has 0 spiro atoms. The normalized spacial score (nSPS) is 17.8. The molecule has 2 aromatic carbocycles. The second kappa shape index (κ2) is 7.05. The van der Waals surface area contributed by atoms with Crippen LogP contribution in [-0.2, 0) is 5.54 Å². The SMILES string of the molecule is Cc1ccc(N2CC(N(O)O)C2)cc1C(=O)NC1(c2ccnc3ccccc23)CC1. The molecule has 0 radical (unpaired) electrons. The van der Waals surface area contributed by atoms with Crippen molar-refractivity contribution in [3.05, 3.63) is 71.4 Å². The van der Waals surface area contributed by atoms with Crippen LogP contribution in [0.25, 0.3) is 10.9 Å². The summed E-state index contributed by atoms with van der Waals surface area (Å²) in [5.41, 5.74) is 4.16. The highest BCUT2D eigenvalue weighted by Gasteiger charge is 2.47. The van der Waals surface area contributed by atoms with Gasteiger partial charge in [-0.25, -0.2) is 0 Å². The second-order valence-corrected chi connectivity index (χ2v) is 8.29. The predicted octanol–water partition coefficient (Wildman–Crippen LogP) is 3.23. The number of amides is 1. The summed E-state index contributed by atoms with van der Waals surface area (Å²) in [5, 5.41) is 22.9. The van der Waals surface area contributed by atoms with Gasteiger partial charge in [-0.15, -0.1) is 0 Å². The van der Waals surface area contributed by atoms with Crippen molar-refractivity contribution >= 4 is 22.5 Å². The van der Waals surface area contributed by atoms with Crippen molar-refractivity contribution < 1.29 is 15.2 Å². The van der Waals surface area contributed by atoms with Crippen LogP contribution in [0.1, 0.15) is 34.3 Å². The minimum atomic E-state index is -0.349. The molecule has 5 rings (SSSR count). The molecule has 7 nitrogen and oxygen atoms in total. The van der Waals surface area contributed by atoms with Crippen LogP contribution >= 0.6 is 0 Å². The number of carbonyl (C=O) groups excluding carboxylic acids is 1. The first-order valence-corrected chi connectivity index (χ1v) is 10.2. The summed E-state index contributed by atoms with van der Waals surface area (Å²) in [6, 6.07) is 15.5. The van der Waals surface area contributed by atoms with E-state index in [0.717, 1.165) is 40.6 Å². The van der Waals surface area contributed by atoms with E-state index < -0.39 is 0 Å². The van der Waals surface area contributed by atoms with Crippen LogP contribution in [0.15, 0.2) is 54.7 Å². The molecule has 0 unspecified atom stereocenters. The fourth-order valence-corrected chi connectivity index (χ4v) is 4.25. The summed E-state index contributed by atoms with van der Waals surface area (Å²) in [7, 11) is 0. The number of para-hydroxylation sites is 1. The Balaban J connectivity index is 1.40. The molecular weight excluding hydrogens is 380 g/mol. The van der Waals surface area contributed by atoms with Crippen molar-refractivity contribution in [2.75, 3.05) is 18.0 Å². The Morgan fingerprint density at radius 2 is 1.93 bits per heavy atom. The molecular formula is C23H24N4O3. The summed E-state index contributed by atoms with van der Waals surface area (Å²) in [6.07, 6.45) is 3.62. The van der Waals surface area contributed by atoms with Crippen molar-refractivity contribution in [3.63, 3.8) is 0 Å². The number of carbonyl (C=O) groups is 1. The highest BCUT2D eigenvalue weighted by Crippen LogP contribution is 2.48. The average Bonchev–Trinajstić information content (AvgIpc) is 3.47. The molecule has 7 heteroatoms. The number of aromatic nitrogens is 1. The number of pyridine rings is 1. The van der Waals surface area contributed by atoms with Crippen molar-refractivity contribution in [1.29, 1.82) is 0 Å². The molecule has 154 valence electrons. The van der Waals surface area contributed by atoms with E-state index in [1.165, 1.54) is 0 Å². The Bertz CT molecular complexity index is 1120. The molecule has 2 aliphatic rings. The summed E-state index contributed by atoms with van der Waals surface area (Å²) >= 11 is 0. The largest absolute Gasteiger partial charge is 0.368 e. The summed E-state index contributed by atoms with van der Waals surface area (Å²) in [4.78, 5) is 19.7. The topological polar surface area (TPSA) is 88.9 Å². The standard InChI is InChI=1S/C23H24N4O3/c1-15-6-7-16(26-13-17(14-26)27(29)30)12-19(15)22(28)25-23(9-10-23)20-8-11-24-21-5-3-2-4-18(20)21/h2-8,11-12,17,29-30H,9-10,13-14H2,1H3,(H,25,28). The van der Waals surface area contributed by atoms with Crippen molar-refractivity contribution in [2.45, 2.75) is 31.3 Å². The minimum Gasteiger partial charge on any atom is -0.368 e. The van der Waals surface area contributed by atoms with Gasteiger partial charge in [-0.3, -0.25) is 20.2 Å². The highest BCUT2D eigenvalue weighted by molar-refractivity contribution is 5.98. The van der Waals surface area contributed by atoms with Crippen LogP contribution in [0.4, 0.5) is 5.69 Å². The molecule has 2 heterocycles. The number of hydroxylamine groups is 2. The maximum Gasteiger partial charge on any atom is 0.252 e. The Labute approximate surface area is 174 Å². The van der Waals surface area contributed by atoms with E-state index >= 15 is 0 Å². The number of nitrogens with one attached hydrogen (secondary N) is 1. The van der Waals surface area contributed by atoms with Gasteiger partial charge in [-0.1, -0.05) is 29.5 Å². The van der Waals surface area contributed by atoms with Crippen molar-refractivity contribution in [2.24, 2.45) is 0 Å². The van der Waals surface area contributed by atoms with E-state index in [0.29, 0.717) is 18.7 Å². The van der Waals surface area contributed by atoms with E-state index in [-0.39, 0.29) is 22.7 Å². The van der Waals surface area contributed by atoms with Crippen molar-refractivity contribution in [3.8, 4) is 0 Å². The molecule has 1 aliphatic carbocycles. The molecule has 2 fully saturated rings. The van der Waals surface area contributed by atoms with Gasteiger partial charge in [0.25, 0.3) is 5.91 Å². The van der Waals surface area contributed by atoms with Gasteiger partial charge in [-0.2, -0.15) is 0 Å². The van der Waals surface area contributed by atoms with E-state index in [1.54, 1.807) is 0 Å². The van der Waals surface area contributed by atoms with Gasteiger partial charge < -0.3 is 10.2 Å². The summed E-state index contributed by atoms with van der Waals surface area (Å²) in [5.74, 6) is -0.0873. The molecule has 1 amide bonds. The van der Waals surface area contributed by atoms with E-state index in [9.17, 15) is 4.79 Å². The highest BCUT2D eigenvalue weighted by atomic mass is 16.8. The maximum absolute atomic E-state index is 13.3. The van der Waals surface area contributed by atoms with Gasteiger partial charge in [0, 0.05) is 35.9 Å². The Hall–Kier alpha value is -3.00. The lowest BCUT2D eigenvalue weighted by atomic mass is 9.98. The average molecular weight is 404 g/mol. The summed E-state index contributed by atoms with van der Waals surface area (Å²) in [6.45, 7) is 2.94. The first kappa shape index (κ1) is 19.0. The Kier molecular flexibility index (Phi) is 4.47. The lowest BCUT2D eigenvalue weighted by molar-refractivity contribution is -0.334. The number of anilines is 1. The third kappa shape index (κ3) is 3.21. The smallest absolute Gasteiger partial charge is 0.252 e. The number of benzene rings is 2. The molecule has 0 bridgehead atoms. The van der Waals surface area contributed by atoms with E-state index in [4.69, 9.17) is 10.4 Å². The van der Waals surface area contributed by atoms with E-state index in [1.807, 2.05) is 60.5 Å². The fourth-order valence-electron chi connectivity index (χ4n) is 4.25.